The molecule has 17 heavy (non-hydrogen) atoms. The van der Waals surface area contributed by atoms with Gasteiger partial charge in [0.15, 0.2) is 11.5 Å². The van der Waals surface area contributed by atoms with Gasteiger partial charge in [0.1, 0.15) is 0 Å². The maximum Gasteiger partial charge on any atom is 0.271 e. The zero-order valence-corrected chi connectivity index (χ0v) is 9.65. The van der Waals surface area contributed by atoms with E-state index in [1.807, 2.05) is 0 Å². The molecule has 0 spiro atoms. The van der Waals surface area contributed by atoms with Gasteiger partial charge in [0.2, 0.25) is 0 Å². The molecule has 1 amide bonds. The van der Waals surface area contributed by atoms with E-state index in [1.54, 1.807) is 6.20 Å². The molecule has 0 saturated carbocycles. The number of nitrogens with one attached hydrogen (secondary N) is 2. The van der Waals surface area contributed by atoms with Crippen molar-refractivity contribution in [2.45, 2.75) is 25.3 Å². The van der Waals surface area contributed by atoms with E-state index in [2.05, 4.69) is 20.6 Å². The first-order chi connectivity index (χ1) is 8.27. The van der Waals surface area contributed by atoms with Gasteiger partial charge in [0.05, 0.1) is 0 Å². The lowest BCUT2D eigenvalue weighted by atomic mass is 10.1. The average molecular weight is 235 g/mol. The molecule has 1 aliphatic heterocycles. The Hall–Kier alpha value is -1.69. The minimum Gasteiger partial charge on any atom is -0.368 e. The largest absolute Gasteiger partial charge is 0.368 e. The van der Waals surface area contributed by atoms with E-state index >= 15 is 0 Å². The molecule has 0 unspecified atom stereocenters. The third kappa shape index (κ3) is 3.13. The maximum atomic E-state index is 11.1. The summed E-state index contributed by atoms with van der Waals surface area (Å²) >= 11 is 0. The molecule has 6 heteroatoms. The number of rotatable bonds is 5. The van der Waals surface area contributed by atoms with E-state index in [1.165, 1.54) is 19.0 Å². The molecule has 1 aromatic rings. The third-order valence-corrected chi connectivity index (χ3v) is 2.88. The van der Waals surface area contributed by atoms with Crippen LogP contribution < -0.4 is 16.4 Å². The van der Waals surface area contributed by atoms with Crippen molar-refractivity contribution in [1.29, 1.82) is 0 Å². The molecule has 4 N–H and O–H groups in total. The van der Waals surface area contributed by atoms with Crippen LogP contribution in [0.3, 0.4) is 0 Å². The summed E-state index contributed by atoms with van der Waals surface area (Å²) in [6.07, 6.45) is 6.47. The maximum absolute atomic E-state index is 11.1. The highest BCUT2D eigenvalue weighted by molar-refractivity contribution is 5.95. The number of aromatic nitrogens is 2. The van der Waals surface area contributed by atoms with Crippen LogP contribution >= 0.6 is 0 Å². The first kappa shape index (κ1) is 11.8. The topological polar surface area (TPSA) is 92.9 Å². The predicted molar refractivity (Wildman–Crippen MR) is 64.7 cm³/mol. The van der Waals surface area contributed by atoms with E-state index in [9.17, 15) is 4.79 Å². The van der Waals surface area contributed by atoms with Gasteiger partial charge in [-0.1, -0.05) is 0 Å². The summed E-state index contributed by atoms with van der Waals surface area (Å²) in [5.41, 5.74) is 5.42. The van der Waals surface area contributed by atoms with Crippen LogP contribution in [0.15, 0.2) is 12.4 Å². The number of nitrogens with zero attached hydrogens (tertiary/aromatic N) is 2. The molecule has 1 fully saturated rings. The monoisotopic (exact) mass is 235 g/mol. The Morgan fingerprint density at radius 3 is 3.06 bits per heavy atom. The molecule has 6 nitrogen and oxygen atoms in total. The van der Waals surface area contributed by atoms with Crippen molar-refractivity contribution in [3.8, 4) is 0 Å². The molecule has 1 aliphatic rings. The molecular formula is C11H17N5O. The average Bonchev–Trinajstić information content (AvgIpc) is 2.82. The smallest absolute Gasteiger partial charge is 0.271 e. The lowest BCUT2D eigenvalue weighted by molar-refractivity contribution is 0.0996. The normalized spacial score (nSPS) is 19.2. The fourth-order valence-electron chi connectivity index (χ4n) is 2.02. The molecule has 1 aromatic heterocycles. The number of nitrogens with two attached hydrogens (primary N) is 1. The van der Waals surface area contributed by atoms with Crippen molar-refractivity contribution in [3.63, 3.8) is 0 Å². The molecule has 2 rings (SSSR count). The summed E-state index contributed by atoms with van der Waals surface area (Å²) in [5, 5.41) is 6.52. The number of amides is 1. The first-order valence-corrected chi connectivity index (χ1v) is 5.85. The van der Waals surface area contributed by atoms with Crippen molar-refractivity contribution in [3.05, 3.63) is 18.1 Å². The SMILES string of the molecule is NC(=O)c1nccnc1NCC[C@H]1CCCN1. The lowest BCUT2D eigenvalue weighted by Crippen LogP contribution is -2.25. The van der Waals surface area contributed by atoms with Gasteiger partial charge in [0, 0.05) is 25.0 Å². The van der Waals surface area contributed by atoms with Crippen molar-refractivity contribution in [2.75, 3.05) is 18.4 Å². The van der Waals surface area contributed by atoms with Gasteiger partial charge in [-0.2, -0.15) is 0 Å². The second-order valence-electron chi connectivity index (χ2n) is 4.13. The fraction of sp³-hybridized carbons (Fsp3) is 0.545. The summed E-state index contributed by atoms with van der Waals surface area (Å²) in [6.45, 7) is 1.86. The lowest BCUT2D eigenvalue weighted by Gasteiger charge is -2.11. The zero-order valence-electron chi connectivity index (χ0n) is 9.65. The van der Waals surface area contributed by atoms with Gasteiger partial charge >= 0.3 is 0 Å². The zero-order chi connectivity index (χ0) is 12.1. The summed E-state index contributed by atoms with van der Waals surface area (Å²) < 4.78 is 0. The standard InChI is InChI=1S/C11H17N5O/c12-10(17)9-11(16-7-6-14-9)15-5-3-8-2-1-4-13-8/h6-8,13H,1-5H2,(H2,12,17)(H,15,16)/t8-/m1/s1. The molecule has 0 bridgehead atoms. The van der Waals surface area contributed by atoms with Gasteiger partial charge in [-0.3, -0.25) is 4.79 Å². The van der Waals surface area contributed by atoms with Crippen LogP contribution in [0.1, 0.15) is 29.8 Å². The number of primary amides is 1. The minimum absolute atomic E-state index is 0.201. The Balaban J connectivity index is 1.87. The first-order valence-electron chi connectivity index (χ1n) is 5.85. The van der Waals surface area contributed by atoms with Crippen molar-refractivity contribution in [1.82, 2.24) is 15.3 Å². The van der Waals surface area contributed by atoms with Crippen LogP contribution in [0, 0.1) is 0 Å². The van der Waals surface area contributed by atoms with Gasteiger partial charge in [-0.15, -0.1) is 0 Å². The van der Waals surface area contributed by atoms with Crippen LogP contribution in [0.4, 0.5) is 5.82 Å². The number of hydrogen-bond donors (Lipinski definition) is 3. The second kappa shape index (κ2) is 5.58. The van der Waals surface area contributed by atoms with E-state index < -0.39 is 5.91 Å². The van der Waals surface area contributed by atoms with Crippen LogP contribution in [0.2, 0.25) is 0 Å². The van der Waals surface area contributed by atoms with Crippen LogP contribution in [0.25, 0.3) is 0 Å². The number of hydrogen-bond acceptors (Lipinski definition) is 5. The molecular weight excluding hydrogens is 218 g/mol. The van der Waals surface area contributed by atoms with Gasteiger partial charge in [-0.05, 0) is 25.8 Å². The summed E-state index contributed by atoms with van der Waals surface area (Å²) in [5.74, 6) is -0.0856. The Morgan fingerprint density at radius 1 is 1.53 bits per heavy atom. The molecule has 2 heterocycles. The van der Waals surface area contributed by atoms with Crippen LogP contribution in [0.5, 0.6) is 0 Å². The Bertz CT molecular complexity index is 389. The third-order valence-electron chi connectivity index (χ3n) is 2.88. The Kier molecular flexibility index (Phi) is 3.87. The molecule has 0 radical (unpaired) electrons. The van der Waals surface area contributed by atoms with Crippen molar-refractivity contribution < 1.29 is 4.79 Å². The number of anilines is 1. The van der Waals surface area contributed by atoms with E-state index in [-0.39, 0.29) is 5.69 Å². The van der Waals surface area contributed by atoms with Crippen molar-refractivity contribution >= 4 is 11.7 Å². The second-order valence-corrected chi connectivity index (χ2v) is 4.13. The highest BCUT2D eigenvalue weighted by Crippen LogP contribution is 2.11. The number of carbonyl (C=O) groups excluding carboxylic acids is 1. The van der Waals surface area contributed by atoms with Crippen LogP contribution in [-0.2, 0) is 0 Å². The summed E-state index contributed by atoms with van der Waals surface area (Å²) in [7, 11) is 0. The predicted octanol–water partition coefficient (Wildman–Crippen LogP) is 0.129. The summed E-state index contributed by atoms with van der Waals surface area (Å²) in [6, 6.07) is 0.566. The van der Waals surface area contributed by atoms with Crippen LogP contribution in [-0.4, -0.2) is 35.0 Å². The fourth-order valence-corrected chi connectivity index (χ4v) is 2.02. The minimum atomic E-state index is -0.556. The molecule has 92 valence electrons. The van der Waals surface area contributed by atoms with E-state index in [0.717, 1.165) is 19.5 Å². The van der Waals surface area contributed by atoms with E-state index in [0.29, 0.717) is 11.9 Å². The van der Waals surface area contributed by atoms with Crippen molar-refractivity contribution in [2.24, 2.45) is 5.73 Å². The Morgan fingerprint density at radius 2 is 2.35 bits per heavy atom. The summed E-state index contributed by atoms with van der Waals surface area (Å²) in [4.78, 5) is 19.1. The molecule has 0 aromatic carbocycles. The molecule has 1 atom stereocenters. The van der Waals surface area contributed by atoms with Gasteiger partial charge < -0.3 is 16.4 Å². The molecule has 1 saturated heterocycles. The van der Waals surface area contributed by atoms with Gasteiger partial charge in [0.25, 0.3) is 5.91 Å². The quantitative estimate of drug-likeness (QED) is 0.674. The van der Waals surface area contributed by atoms with E-state index in [4.69, 9.17) is 5.73 Å². The number of carbonyl (C=O) groups is 1. The van der Waals surface area contributed by atoms with Gasteiger partial charge in [-0.25, -0.2) is 9.97 Å². The molecule has 0 aliphatic carbocycles. The Labute approximate surface area is 100 Å². The highest BCUT2D eigenvalue weighted by Gasteiger charge is 2.14. The highest BCUT2D eigenvalue weighted by atomic mass is 16.1.